The summed E-state index contributed by atoms with van der Waals surface area (Å²) in [7, 11) is 0. The third-order valence-electron chi connectivity index (χ3n) is 3.36. The number of nitrogens with zero attached hydrogens (tertiary/aromatic N) is 1. The second-order valence-corrected chi connectivity index (χ2v) is 4.72. The van der Waals surface area contributed by atoms with E-state index in [1.807, 2.05) is 13.8 Å². The molecule has 0 atom stereocenters. The van der Waals surface area contributed by atoms with E-state index >= 15 is 0 Å². The number of hydrogen-bond donors (Lipinski definition) is 0. The van der Waals surface area contributed by atoms with Gasteiger partial charge < -0.3 is 0 Å². The summed E-state index contributed by atoms with van der Waals surface area (Å²) in [5, 5.41) is 0.630. The van der Waals surface area contributed by atoms with E-state index in [2.05, 4.69) is 37.0 Å². The first-order valence-corrected chi connectivity index (χ1v) is 6.79. The fourth-order valence-corrected chi connectivity index (χ4v) is 2.79. The minimum atomic E-state index is 0.630. The molecule has 1 heterocycles. The van der Waals surface area contributed by atoms with Gasteiger partial charge in [0.2, 0.25) is 0 Å². The van der Waals surface area contributed by atoms with Crippen LogP contribution in [0.5, 0.6) is 0 Å². The van der Waals surface area contributed by atoms with Crippen LogP contribution in [0.4, 0.5) is 0 Å². The number of pyridine rings is 1. The maximum atomic E-state index is 6.21. The second kappa shape index (κ2) is 5.11. The van der Waals surface area contributed by atoms with E-state index in [4.69, 9.17) is 11.6 Å². The monoisotopic (exact) mass is 259 g/mol. The summed E-state index contributed by atoms with van der Waals surface area (Å²) in [6.07, 6.45) is 2.78. The van der Waals surface area contributed by atoms with Crippen molar-refractivity contribution in [1.29, 1.82) is 0 Å². The Morgan fingerprint density at radius 1 is 1.00 bits per heavy atom. The van der Waals surface area contributed by atoms with Crippen LogP contribution >= 0.6 is 11.6 Å². The molecule has 1 aliphatic rings. The van der Waals surface area contributed by atoms with Crippen molar-refractivity contribution < 1.29 is 0 Å². The number of aryl methyl sites for hydroxylation is 2. The molecule has 0 saturated heterocycles. The van der Waals surface area contributed by atoms with Gasteiger partial charge in [-0.2, -0.15) is 0 Å². The van der Waals surface area contributed by atoms with Crippen LogP contribution in [0.1, 0.15) is 36.1 Å². The van der Waals surface area contributed by atoms with E-state index in [-0.39, 0.29) is 0 Å². The summed E-state index contributed by atoms with van der Waals surface area (Å²) >= 11 is 6.21. The van der Waals surface area contributed by atoms with Crippen molar-refractivity contribution in [3.63, 3.8) is 0 Å². The average molecular weight is 260 g/mol. The second-order valence-electron chi connectivity index (χ2n) is 4.37. The zero-order chi connectivity index (χ0) is 13.3. The lowest BCUT2D eigenvalue weighted by Gasteiger charge is -2.08. The Morgan fingerprint density at radius 3 is 2.39 bits per heavy atom. The summed E-state index contributed by atoms with van der Waals surface area (Å²) in [5.41, 5.74) is 7.77. The average Bonchev–Trinajstić information content (AvgIpc) is 2.78. The van der Waals surface area contributed by atoms with Gasteiger partial charge >= 0.3 is 0 Å². The smallest absolute Gasteiger partial charge is 0.137 e. The molecule has 0 saturated carbocycles. The Bertz CT molecular complexity index is 588. The zero-order valence-corrected chi connectivity index (χ0v) is 12.1. The maximum absolute atomic E-state index is 6.21. The van der Waals surface area contributed by atoms with Gasteiger partial charge in [-0.25, -0.2) is 4.98 Å². The molecule has 0 fully saturated rings. The molecule has 1 aromatic heterocycles. The van der Waals surface area contributed by atoms with Gasteiger partial charge in [-0.05, 0) is 54.2 Å². The topological polar surface area (TPSA) is 12.9 Å². The van der Waals surface area contributed by atoms with Crippen molar-refractivity contribution in [2.75, 3.05) is 0 Å². The Balaban J connectivity index is 0.000000574. The first kappa shape index (κ1) is 13.1. The summed E-state index contributed by atoms with van der Waals surface area (Å²) in [6.45, 7) is 8.29. The number of fused-ring (bicyclic) bond motifs is 3. The van der Waals surface area contributed by atoms with Crippen molar-refractivity contribution in [1.82, 2.24) is 4.98 Å². The van der Waals surface area contributed by atoms with Crippen LogP contribution in [-0.2, 0) is 6.42 Å². The number of hydrogen-bond acceptors (Lipinski definition) is 1. The van der Waals surface area contributed by atoms with Gasteiger partial charge in [0.15, 0.2) is 0 Å². The van der Waals surface area contributed by atoms with E-state index in [0.29, 0.717) is 5.15 Å². The predicted octanol–water partition coefficient (Wildman–Crippen LogP) is 4.95. The molecule has 0 amide bonds. The normalized spacial score (nSPS) is 11.4. The van der Waals surface area contributed by atoms with Crippen LogP contribution in [0.25, 0.3) is 11.1 Å². The molecule has 0 bridgehead atoms. The fraction of sp³-hybridized carbons (Fsp3) is 0.312. The van der Waals surface area contributed by atoms with Gasteiger partial charge in [-0.3, -0.25) is 0 Å². The van der Waals surface area contributed by atoms with E-state index in [1.165, 1.54) is 27.8 Å². The van der Waals surface area contributed by atoms with Crippen molar-refractivity contribution >= 4 is 11.6 Å². The van der Waals surface area contributed by atoms with Crippen LogP contribution < -0.4 is 0 Å². The minimum absolute atomic E-state index is 0.630. The Morgan fingerprint density at radius 2 is 1.67 bits per heavy atom. The SMILES string of the molecule is CC.Cc1ccc(C)c2c1Cc1ccnc(Cl)c1-2. The highest BCUT2D eigenvalue weighted by molar-refractivity contribution is 6.32. The molecule has 2 heteroatoms. The van der Waals surface area contributed by atoms with Crippen LogP contribution in [0.2, 0.25) is 5.15 Å². The van der Waals surface area contributed by atoms with Gasteiger partial charge in [-0.1, -0.05) is 37.6 Å². The van der Waals surface area contributed by atoms with Crippen LogP contribution in [0.3, 0.4) is 0 Å². The predicted molar refractivity (Wildman–Crippen MR) is 78.3 cm³/mol. The molecule has 1 nitrogen and oxygen atoms in total. The molecule has 0 aliphatic heterocycles. The zero-order valence-electron chi connectivity index (χ0n) is 11.3. The van der Waals surface area contributed by atoms with Crippen LogP contribution in [0, 0.1) is 13.8 Å². The summed E-state index contributed by atoms with van der Waals surface area (Å²) in [5.74, 6) is 0. The minimum Gasteiger partial charge on any atom is -0.244 e. The Kier molecular flexibility index (Phi) is 3.72. The van der Waals surface area contributed by atoms with Gasteiger partial charge in [0.25, 0.3) is 0 Å². The van der Waals surface area contributed by atoms with Gasteiger partial charge in [-0.15, -0.1) is 0 Å². The lowest BCUT2D eigenvalue weighted by Crippen LogP contribution is -1.88. The van der Waals surface area contributed by atoms with E-state index in [1.54, 1.807) is 6.20 Å². The quantitative estimate of drug-likeness (QED) is 0.521. The molecule has 0 N–H and O–H groups in total. The van der Waals surface area contributed by atoms with Crippen molar-refractivity contribution in [3.8, 4) is 11.1 Å². The molecule has 0 radical (unpaired) electrons. The third-order valence-corrected chi connectivity index (χ3v) is 3.65. The summed E-state index contributed by atoms with van der Waals surface area (Å²) < 4.78 is 0. The Hall–Kier alpha value is -1.34. The van der Waals surface area contributed by atoms with Crippen LogP contribution in [-0.4, -0.2) is 4.98 Å². The first-order valence-electron chi connectivity index (χ1n) is 6.41. The molecule has 94 valence electrons. The van der Waals surface area contributed by atoms with Crippen molar-refractivity contribution in [3.05, 3.63) is 51.8 Å². The molecule has 18 heavy (non-hydrogen) atoms. The first-order chi connectivity index (χ1) is 8.68. The maximum Gasteiger partial charge on any atom is 0.137 e. The van der Waals surface area contributed by atoms with E-state index < -0.39 is 0 Å². The number of rotatable bonds is 0. The molecule has 1 aliphatic carbocycles. The van der Waals surface area contributed by atoms with E-state index in [0.717, 1.165) is 12.0 Å². The highest BCUT2D eigenvalue weighted by atomic mass is 35.5. The highest BCUT2D eigenvalue weighted by Gasteiger charge is 2.24. The number of benzene rings is 1. The molecule has 0 unspecified atom stereocenters. The molecule has 2 aromatic rings. The van der Waals surface area contributed by atoms with Crippen molar-refractivity contribution in [2.24, 2.45) is 0 Å². The molecule has 1 aromatic carbocycles. The lowest BCUT2D eigenvalue weighted by atomic mass is 9.98. The van der Waals surface area contributed by atoms with Gasteiger partial charge in [0.05, 0.1) is 0 Å². The van der Waals surface area contributed by atoms with Gasteiger partial charge in [0.1, 0.15) is 5.15 Å². The third kappa shape index (κ3) is 1.93. The highest BCUT2D eigenvalue weighted by Crippen LogP contribution is 2.43. The summed E-state index contributed by atoms with van der Waals surface area (Å²) in [6, 6.07) is 6.41. The summed E-state index contributed by atoms with van der Waals surface area (Å²) in [4.78, 5) is 4.19. The molecular weight excluding hydrogens is 242 g/mol. The molecule has 0 spiro atoms. The van der Waals surface area contributed by atoms with E-state index in [9.17, 15) is 0 Å². The van der Waals surface area contributed by atoms with Crippen LogP contribution in [0.15, 0.2) is 24.4 Å². The number of aromatic nitrogens is 1. The largest absolute Gasteiger partial charge is 0.244 e. The Labute approximate surface area is 114 Å². The van der Waals surface area contributed by atoms with Gasteiger partial charge in [0, 0.05) is 11.8 Å². The molecule has 3 rings (SSSR count). The fourth-order valence-electron chi connectivity index (χ4n) is 2.52. The standard InChI is InChI=1S/C14H12ClN.C2H6/c1-8-3-4-9(2)12-11(8)7-10-5-6-16-14(15)13(10)12;1-2/h3-6H,7H2,1-2H3;1-2H3. The molecular formula is C16H18ClN. The lowest BCUT2D eigenvalue weighted by molar-refractivity contribution is 1.20. The number of halogens is 1. The van der Waals surface area contributed by atoms with Crippen molar-refractivity contribution in [2.45, 2.75) is 34.1 Å².